The molecule has 0 bridgehead atoms. The van der Waals surface area contributed by atoms with Crippen LogP contribution in [0.5, 0.6) is 0 Å². The first-order valence-corrected chi connectivity index (χ1v) is 3.33. The second-order valence-corrected chi connectivity index (χ2v) is 2.41. The zero-order valence-electron chi connectivity index (χ0n) is 6.76. The van der Waals surface area contributed by atoms with Gasteiger partial charge in [0, 0.05) is 0 Å². The molecule has 0 aliphatic rings. The number of esters is 1. The van der Waals surface area contributed by atoms with E-state index in [0.717, 1.165) is 0 Å². The lowest BCUT2D eigenvalue weighted by Gasteiger charge is -2.12. The Kier molecular flexibility index (Phi) is 3.77. The van der Waals surface area contributed by atoms with E-state index in [-0.39, 0.29) is 17.8 Å². The number of allylic oxidation sites excluding steroid dienone is 1. The Morgan fingerprint density at radius 3 is 2.40 bits per heavy atom. The first kappa shape index (κ1) is 9.21. The number of carbonyl (C=O) groups is 1. The van der Waals surface area contributed by atoms with Crippen molar-refractivity contribution in [1.82, 2.24) is 0 Å². The molecule has 58 valence electrons. The molecule has 0 N–H and O–H groups in total. The maximum atomic E-state index is 10.8. The second kappa shape index (κ2) is 4.09. The predicted molar refractivity (Wildman–Crippen MR) is 40.5 cm³/mol. The minimum atomic E-state index is -0.174. The average Bonchev–Trinajstić information content (AvgIpc) is 2.00. The van der Waals surface area contributed by atoms with Crippen LogP contribution in [0.25, 0.3) is 0 Å². The van der Waals surface area contributed by atoms with Crippen molar-refractivity contribution >= 4 is 5.97 Å². The Bertz CT molecular complexity index is 129. The summed E-state index contributed by atoms with van der Waals surface area (Å²) in [4.78, 5) is 10.8. The van der Waals surface area contributed by atoms with Crippen molar-refractivity contribution in [2.45, 2.75) is 13.8 Å². The van der Waals surface area contributed by atoms with E-state index in [1.54, 1.807) is 6.08 Å². The van der Waals surface area contributed by atoms with Crippen molar-refractivity contribution in [3.63, 3.8) is 0 Å². The van der Waals surface area contributed by atoms with Crippen molar-refractivity contribution in [2.24, 2.45) is 11.8 Å². The summed E-state index contributed by atoms with van der Waals surface area (Å²) < 4.78 is 4.55. The topological polar surface area (TPSA) is 26.3 Å². The summed E-state index contributed by atoms with van der Waals surface area (Å²) in [6, 6.07) is 0. The zero-order valence-corrected chi connectivity index (χ0v) is 6.76. The van der Waals surface area contributed by atoms with Gasteiger partial charge in [0.1, 0.15) is 0 Å². The van der Waals surface area contributed by atoms with Crippen LogP contribution in [0, 0.1) is 11.8 Å². The van der Waals surface area contributed by atoms with Crippen LogP contribution in [0.4, 0.5) is 0 Å². The monoisotopic (exact) mass is 142 g/mol. The number of carbonyl (C=O) groups excluding carboxylic acids is 1. The number of rotatable bonds is 3. The van der Waals surface area contributed by atoms with Gasteiger partial charge in [0.25, 0.3) is 0 Å². The molecule has 0 spiro atoms. The van der Waals surface area contributed by atoms with E-state index in [2.05, 4.69) is 11.3 Å². The van der Waals surface area contributed by atoms with Gasteiger partial charge < -0.3 is 4.74 Å². The maximum Gasteiger partial charge on any atom is 0.308 e. The van der Waals surface area contributed by atoms with Crippen LogP contribution in [0.2, 0.25) is 0 Å². The Hall–Kier alpha value is -0.790. The zero-order chi connectivity index (χ0) is 8.15. The van der Waals surface area contributed by atoms with Gasteiger partial charge in [-0.25, -0.2) is 0 Å². The summed E-state index contributed by atoms with van der Waals surface area (Å²) in [6.45, 7) is 7.36. The molecule has 0 aromatic rings. The second-order valence-electron chi connectivity index (χ2n) is 2.41. The molecule has 0 saturated carbocycles. The Morgan fingerprint density at radius 1 is 1.60 bits per heavy atom. The minimum absolute atomic E-state index is 0.0810. The molecule has 0 radical (unpaired) electrons. The van der Waals surface area contributed by atoms with Crippen LogP contribution in [0.15, 0.2) is 12.7 Å². The van der Waals surface area contributed by atoms with Crippen LogP contribution in [-0.2, 0) is 9.53 Å². The lowest BCUT2D eigenvalue weighted by Crippen LogP contribution is -2.18. The predicted octanol–water partition coefficient (Wildman–Crippen LogP) is 1.62. The Labute approximate surface area is 61.9 Å². The van der Waals surface area contributed by atoms with Gasteiger partial charge in [0.05, 0.1) is 13.0 Å². The van der Waals surface area contributed by atoms with Gasteiger partial charge in [-0.05, 0) is 5.92 Å². The number of ether oxygens (including phenoxy) is 1. The van der Waals surface area contributed by atoms with E-state index in [1.807, 2.05) is 13.8 Å². The molecule has 2 atom stereocenters. The van der Waals surface area contributed by atoms with Gasteiger partial charge in [0.2, 0.25) is 0 Å². The van der Waals surface area contributed by atoms with Crippen molar-refractivity contribution in [3.05, 3.63) is 12.7 Å². The van der Waals surface area contributed by atoms with Crippen LogP contribution >= 0.6 is 0 Å². The van der Waals surface area contributed by atoms with Crippen molar-refractivity contribution in [2.75, 3.05) is 7.11 Å². The summed E-state index contributed by atoms with van der Waals surface area (Å²) in [5.74, 6) is -0.0673. The van der Waals surface area contributed by atoms with Crippen LogP contribution < -0.4 is 0 Å². The third-order valence-corrected chi connectivity index (χ3v) is 1.73. The summed E-state index contributed by atoms with van der Waals surface area (Å²) in [7, 11) is 1.40. The molecule has 0 aromatic heterocycles. The molecule has 10 heavy (non-hydrogen) atoms. The molecule has 0 aromatic carbocycles. The molecule has 2 nitrogen and oxygen atoms in total. The largest absolute Gasteiger partial charge is 0.469 e. The van der Waals surface area contributed by atoms with E-state index >= 15 is 0 Å². The highest BCUT2D eigenvalue weighted by molar-refractivity contribution is 5.72. The highest BCUT2D eigenvalue weighted by Gasteiger charge is 2.17. The Morgan fingerprint density at radius 2 is 2.10 bits per heavy atom. The summed E-state index contributed by atoms with van der Waals surface area (Å²) in [6.07, 6.45) is 1.75. The van der Waals surface area contributed by atoms with E-state index in [1.165, 1.54) is 7.11 Å². The molecule has 0 rings (SSSR count). The molecule has 0 heterocycles. The van der Waals surface area contributed by atoms with Crippen LogP contribution in [0.1, 0.15) is 13.8 Å². The molecule has 0 aliphatic carbocycles. The Balaban J connectivity index is 3.93. The van der Waals surface area contributed by atoms with E-state index in [0.29, 0.717) is 0 Å². The lowest BCUT2D eigenvalue weighted by atomic mass is 9.97. The van der Waals surface area contributed by atoms with Crippen LogP contribution in [0.3, 0.4) is 0 Å². The molecule has 0 aliphatic heterocycles. The lowest BCUT2D eigenvalue weighted by molar-refractivity contribution is -0.145. The number of hydrogen-bond donors (Lipinski definition) is 0. The fraction of sp³-hybridized carbons (Fsp3) is 0.625. The third-order valence-electron chi connectivity index (χ3n) is 1.73. The molecule has 0 amide bonds. The molecular formula is C8H14O2. The maximum absolute atomic E-state index is 10.8. The average molecular weight is 142 g/mol. The van der Waals surface area contributed by atoms with Crippen molar-refractivity contribution in [3.8, 4) is 0 Å². The third kappa shape index (κ3) is 2.21. The van der Waals surface area contributed by atoms with Crippen molar-refractivity contribution in [1.29, 1.82) is 0 Å². The first-order valence-electron chi connectivity index (χ1n) is 3.33. The number of hydrogen-bond acceptors (Lipinski definition) is 2. The normalized spacial score (nSPS) is 15.5. The fourth-order valence-corrected chi connectivity index (χ4v) is 0.605. The number of methoxy groups -OCH3 is 1. The van der Waals surface area contributed by atoms with E-state index in [4.69, 9.17) is 0 Å². The smallest absolute Gasteiger partial charge is 0.308 e. The molecule has 2 heteroatoms. The van der Waals surface area contributed by atoms with Gasteiger partial charge >= 0.3 is 5.97 Å². The molecule has 0 unspecified atom stereocenters. The van der Waals surface area contributed by atoms with Crippen LogP contribution in [-0.4, -0.2) is 13.1 Å². The standard InChI is InChI=1S/C8H14O2/c1-5-6(2)7(3)8(9)10-4/h5-7H,1H2,2-4H3/t6-,7+/m1/s1. The highest BCUT2D eigenvalue weighted by atomic mass is 16.5. The quantitative estimate of drug-likeness (QED) is 0.442. The van der Waals surface area contributed by atoms with Gasteiger partial charge in [-0.3, -0.25) is 4.79 Å². The summed E-state index contributed by atoms with van der Waals surface area (Å²) >= 11 is 0. The van der Waals surface area contributed by atoms with Gasteiger partial charge in [-0.2, -0.15) is 0 Å². The van der Waals surface area contributed by atoms with E-state index < -0.39 is 0 Å². The van der Waals surface area contributed by atoms with E-state index in [9.17, 15) is 4.79 Å². The first-order chi connectivity index (χ1) is 4.63. The molecular weight excluding hydrogens is 128 g/mol. The minimum Gasteiger partial charge on any atom is -0.469 e. The van der Waals surface area contributed by atoms with Crippen molar-refractivity contribution < 1.29 is 9.53 Å². The fourth-order valence-electron chi connectivity index (χ4n) is 0.605. The van der Waals surface area contributed by atoms with Gasteiger partial charge in [-0.15, -0.1) is 6.58 Å². The molecule has 0 saturated heterocycles. The molecule has 0 fully saturated rings. The SMILES string of the molecule is C=C[C@@H](C)[C@H](C)C(=O)OC. The van der Waals surface area contributed by atoms with Gasteiger partial charge in [-0.1, -0.05) is 19.9 Å². The van der Waals surface area contributed by atoms with Gasteiger partial charge in [0.15, 0.2) is 0 Å². The highest BCUT2D eigenvalue weighted by Crippen LogP contribution is 2.12. The summed E-state index contributed by atoms with van der Waals surface area (Å²) in [5.41, 5.74) is 0. The summed E-state index contributed by atoms with van der Waals surface area (Å²) in [5, 5.41) is 0.